The number of aromatic nitrogens is 2. The van der Waals surface area contributed by atoms with Crippen LogP contribution in [0.15, 0.2) is 32.3 Å². The highest BCUT2D eigenvalue weighted by atomic mass is 16.5. The summed E-state index contributed by atoms with van der Waals surface area (Å²) in [5.41, 5.74) is -1.14. The molecule has 0 aliphatic carbocycles. The summed E-state index contributed by atoms with van der Waals surface area (Å²) in [7, 11) is 0. The van der Waals surface area contributed by atoms with Gasteiger partial charge in [0, 0.05) is 13.5 Å². The van der Waals surface area contributed by atoms with Crippen molar-refractivity contribution in [2.45, 2.75) is 32.9 Å². The van der Waals surface area contributed by atoms with Crippen molar-refractivity contribution in [3.63, 3.8) is 0 Å². The van der Waals surface area contributed by atoms with Gasteiger partial charge in [-0.2, -0.15) is 4.98 Å². The van der Waals surface area contributed by atoms with Crippen LogP contribution in [-0.2, 0) is 12.1 Å². The Hall–Kier alpha value is -2.35. The van der Waals surface area contributed by atoms with E-state index in [1.807, 2.05) is 6.92 Å². The summed E-state index contributed by atoms with van der Waals surface area (Å²) < 4.78 is 10.1. The van der Waals surface area contributed by atoms with Crippen molar-refractivity contribution in [2.24, 2.45) is 4.99 Å². The average molecular weight is 307 g/mol. The number of furan rings is 1. The number of rotatable bonds is 6. The molecule has 2 aromatic rings. The Morgan fingerprint density at radius 3 is 2.86 bits per heavy atom. The summed E-state index contributed by atoms with van der Waals surface area (Å²) in [5, 5.41) is 20.3. The number of hydrogen-bond donors (Lipinski definition) is 3. The van der Waals surface area contributed by atoms with Crippen LogP contribution in [0.4, 0.5) is 0 Å². The summed E-state index contributed by atoms with van der Waals surface area (Å²) in [6, 6.07) is 3.47. The minimum absolute atomic E-state index is 0.248. The average Bonchev–Trinajstić information content (AvgIpc) is 3.13. The zero-order valence-electron chi connectivity index (χ0n) is 13.0. The van der Waals surface area contributed by atoms with Gasteiger partial charge in [0.05, 0.1) is 12.8 Å². The Kier molecular flexibility index (Phi) is 5.16. The Labute approximate surface area is 128 Å². The first-order valence-electron chi connectivity index (χ1n) is 7.09. The molecule has 1 atom stereocenters. The molecule has 2 rings (SSSR count). The van der Waals surface area contributed by atoms with Crippen LogP contribution in [-0.4, -0.2) is 34.3 Å². The van der Waals surface area contributed by atoms with E-state index in [0.717, 1.165) is 0 Å². The molecule has 0 aliphatic rings. The van der Waals surface area contributed by atoms with Crippen molar-refractivity contribution in [1.82, 2.24) is 20.8 Å². The number of nitrogens with one attached hydrogen (secondary N) is 2. The van der Waals surface area contributed by atoms with E-state index in [2.05, 4.69) is 25.8 Å². The minimum Gasteiger partial charge on any atom is -0.466 e. The van der Waals surface area contributed by atoms with E-state index >= 15 is 0 Å². The first-order chi connectivity index (χ1) is 10.5. The second kappa shape index (κ2) is 7.08. The number of nitrogens with zero attached hydrogens (tertiary/aromatic N) is 3. The SMILES string of the molecule is CCNC(=NCc1noc(C)n1)NCC(C)(O)c1ccco1. The molecular formula is C14H21N5O3. The standard InChI is InChI=1S/C14H21N5O3/c1-4-15-13(16-8-12-18-10(2)22-19-12)17-9-14(3,20)11-6-5-7-21-11/h5-7,20H,4,8-9H2,1-3H3,(H2,15,16,17). The van der Waals surface area contributed by atoms with Gasteiger partial charge < -0.3 is 24.7 Å². The monoisotopic (exact) mass is 307 g/mol. The Morgan fingerprint density at radius 2 is 2.27 bits per heavy atom. The van der Waals surface area contributed by atoms with Crippen molar-refractivity contribution in [3.8, 4) is 0 Å². The van der Waals surface area contributed by atoms with Crippen LogP contribution in [0.1, 0.15) is 31.3 Å². The summed E-state index contributed by atoms with van der Waals surface area (Å²) in [5.74, 6) is 2.05. The molecule has 0 amide bonds. The van der Waals surface area contributed by atoms with E-state index in [4.69, 9.17) is 8.94 Å². The number of aryl methyl sites for hydroxylation is 1. The molecule has 120 valence electrons. The highest BCUT2D eigenvalue weighted by Gasteiger charge is 2.26. The lowest BCUT2D eigenvalue weighted by Crippen LogP contribution is -2.44. The van der Waals surface area contributed by atoms with Gasteiger partial charge in [0.1, 0.15) is 17.9 Å². The van der Waals surface area contributed by atoms with Crippen molar-refractivity contribution < 1.29 is 14.0 Å². The van der Waals surface area contributed by atoms with Gasteiger partial charge in [0.2, 0.25) is 5.89 Å². The van der Waals surface area contributed by atoms with Gasteiger partial charge >= 0.3 is 0 Å². The van der Waals surface area contributed by atoms with Gasteiger partial charge in [-0.1, -0.05) is 5.16 Å². The second-order valence-corrected chi connectivity index (χ2v) is 5.03. The van der Waals surface area contributed by atoms with Crippen LogP contribution in [0.5, 0.6) is 0 Å². The molecule has 8 nitrogen and oxygen atoms in total. The lowest BCUT2D eigenvalue weighted by Gasteiger charge is -2.22. The molecule has 0 fully saturated rings. The lowest BCUT2D eigenvalue weighted by molar-refractivity contribution is 0.0386. The summed E-state index contributed by atoms with van der Waals surface area (Å²) in [6.07, 6.45) is 1.53. The first kappa shape index (κ1) is 16.0. The number of guanidine groups is 1. The smallest absolute Gasteiger partial charge is 0.223 e. The maximum absolute atomic E-state index is 10.4. The molecule has 0 saturated heterocycles. The molecule has 0 aromatic carbocycles. The number of hydrogen-bond acceptors (Lipinski definition) is 6. The van der Waals surface area contributed by atoms with Gasteiger partial charge in [-0.15, -0.1) is 0 Å². The quantitative estimate of drug-likeness (QED) is 0.538. The van der Waals surface area contributed by atoms with Gasteiger partial charge in [-0.05, 0) is 26.0 Å². The van der Waals surface area contributed by atoms with Gasteiger partial charge in [0.25, 0.3) is 0 Å². The van der Waals surface area contributed by atoms with Crippen LogP contribution in [0.3, 0.4) is 0 Å². The second-order valence-electron chi connectivity index (χ2n) is 5.03. The van der Waals surface area contributed by atoms with Crippen LogP contribution in [0.2, 0.25) is 0 Å². The molecule has 2 aromatic heterocycles. The van der Waals surface area contributed by atoms with Crippen LogP contribution >= 0.6 is 0 Å². The molecule has 0 aliphatic heterocycles. The number of aliphatic hydroxyl groups is 1. The molecule has 0 radical (unpaired) electrons. The molecule has 3 N–H and O–H groups in total. The number of aliphatic imine (C=N–C) groups is 1. The molecule has 1 unspecified atom stereocenters. The third kappa shape index (κ3) is 4.32. The Bertz CT molecular complexity index is 604. The third-order valence-corrected chi connectivity index (χ3v) is 2.94. The molecule has 2 heterocycles. The van der Waals surface area contributed by atoms with Crippen molar-refractivity contribution in [1.29, 1.82) is 0 Å². The first-order valence-corrected chi connectivity index (χ1v) is 7.09. The Balaban J connectivity index is 1.96. The fraction of sp³-hybridized carbons (Fsp3) is 0.500. The van der Waals surface area contributed by atoms with Crippen molar-refractivity contribution >= 4 is 5.96 Å². The van der Waals surface area contributed by atoms with Gasteiger partial charge in [0.15, 0.2) is 11.8 Å². The largest absolute Gasteiger partial charge is 0.466 e. The molecular weight excluding hydrogens is 286 g/mol. The third-order valence-electron chi connectivity index (χ3n) is 2.94. The van der Waals surface area contributed by atoms with E-state index in [1.54, 1.807) is 26.0 Å². The fourth-order valence-corrected chi connectivity index (χ4v) is 1.83. The normalized spacial score (nSPS) is 14.6. The van der Waals surface area contributed by atoms with Crippen molar-refractivity contribution in [2.75, 3.05) is 13.1 Å². The molecule has 0 saturated carbocycles. The van der Waals surface area contributed by atoms with Crippen LogP contribution < -0.4 is 10.6 Å². The van der Waals surface area contributed by atoms with E-state index in [9.17, 15) is 5.11 Å². The van der Waals surface area contributed by atoms with E-state index in [-0.39, 0.29) is 13.1 Å². The lowest BCUT2D eigenvalue weighted by atomic mass is 10.0. The predicted molar refractivity (Wildman–Crippen MR) is 80.1 cm³/mol. The molecule has 0 spiro atoms. The van der Waals surface area contributed by atoms with Crippen LogP contribution in [0.25, 0.3) is 0 Å². The fourth-order valence-electron chi connectivity index (χ4n) is 1.83. The predicted octanol–water partition coefficient (Wildman–Crippen LogP) is 0.934. The topological polar surface area (TPSA) is 109 Å². The zero-order valence-corrected chi connectivity index (χ0v) is 13.0. The Morgan fingerprint density at radius 1 is 1.45 bits per heavy atom. The zero-order chi connectivity index (χ0) is 16.0. The maximum Gasteiger partial charge on any atom is 0.223 e. The van der Waals surface area contributed by atoms with E-state index < -0.39 is 5.60 Å². The highest BCUT2D eigenvalue weighted by Crippen LogP contribution is 2.19. The molecule has 0 bridgehead atoms. The summed E-state index contributed by atoms with van der Waals surface area (Å²) >= 11 is 0. The maximum atomic E-state index is 10.4. The van der Waals surface area contributed by atoms with Gasteiger partial charge in [-0.25, -0.2) is 4.99 Å². The molecule has 22 heavy (non-hydrogen) atoms. The molecule has 8 heteroatoms. The minimum atomic E-state index is -1.14. The summed E-state index contributed by atoms with van der Waals surface area (Å²) in [4.78, 5) is 8.44. The van der Waals surface area contributed by atoms with Gasteiger partial charge in [-0.3, -0.25) is 0 Å². The van der Waals surface area contributed by atoms with Crippen LogP contribution in [0, 0.1) is 6.92 Å². The van der Waals surface area contributed by atoms with E-state index in [0.29, 0.717) is 30.0 Å². The van der Waals surface area contributed by atoms with E-state index in [1.165, 1.54) is 6.26 Å². The highest BCUT2D eigenvalue weighted by molar-refractivity contribution is 5.79. The summed E-state index contributed by atoms with van der Waals surface area (Å²) in [6.45, 7) is 6.59. The van der Waals surface area contributed by atoms with Crippen molar-refractivity contribution in [3.05, 3.63) is 35.9 Å².